The summed E-state index contributed by atoms with van der Waals surface area (Å²) in [4.78, 5) is 22.4. The summed E-state index contributed by atoms with van der Waals surface area (Å²) in [5.74, 6) is 0.789. The number of nitrogens with one attached hydrogen (secondary N) is 1. The Morgan fingerprint density at radius 3 is 2.84 bits per heavy atom. The summed E-state index contributed by atoms with van der Waals surface area (Å²) < 4.78 is 1.92. The number of amides is 1. The van der Waals surface area contributed by atoms with Crippen LogP contribution in [0, 0.1) is 17.0 Å². The number of thioether (sulfide) groups is 1. The Morgan fingerprint density at radius 1 is 1.48 bits per heavy atom. The van der Waals surface area contributed by atoms with Crippen LogP contribution in [0.1, 0.15) is 18.3 Å². The van der Waals surface area contributed by atoms with Crippen molar-refractivity contribution in [1.29, 1.82) is 0 Å². The van der Waals surface area contributed by atoms with E-state index in [1.807, 2.05) is 11.5 Å². The lowest BCUT2D eigenvalue weighted by atomic mass is 10.2. The van der Waals surface area contributed by atoms with Gasteiger partial charge >= 0.3 is 0 Å². The number of nitro groups is 1. The molecule has 1 aromatic heterocycles. The quantitative estimate of drug-likeness (QED) is 0.335. The first kappa shape index (κ1) is 18.7. The lowest BCUT2D eigenvalue weighted by Crippen LogP contribution is -2.15. The largest absolute Gasteiger partial charge is 0.325 e. The second-order valence-corrected chi connectivity index (χ2v) is 6.19. The number of anilines is 1. The van der Waals surface area contributed by atoms with Gasteiger partial charge < -0.3 is 9.88 Å². The Hall–Kier alpha value is -2.68. The summed E-state index contributed by atoms with van der Waals surface area (Å²) in [6, 6.07) is 4.33. The first-order valence-electron chi connectivity index (χ1n) is 7.67. The lowest BCUT2D eigenvalue weighted by molar-refractivity contribution is -0.384. The van der Waals surface area contributed by atoms with Crippen LogP contribution in [0.15, 0.2) is 36.0 Å². The van der Waals surface area contributed by atoms with Gasteiger partial charge in [0, 0.05) is 30.8 Å². The van der Waals surface area contributed by atoms with Crippen LogP contribution in [-0.4, -0.2) is 31.3 Å². The Kier molecular flexibility index (Phi) is 6.29. The molecule has 0 saturated carbocycles. The smallest absolute Gasteiger partial charge is 0.269 e. The fourth-order valence-electron chi connectivity index (χ4n) is 2.22. The number of aryl methyl sites for hydroxylation is 2. The molecule has 0 spiro atoms. The van der Waals surface area contributed by atoms with Crippen molar-refractivity contribution in [1.82, 2.24) is 14.8 Å². The number of carbonyl (C=O) groups is 1. The highest BCUT2D eigenvalue weighted by Crippen LogP contribution is 2.22. The molecule has 2 aromatic rings. The van der Waals surface area contributed by atoms with E-state index in [9.17, 15) is 14.9 Å². The third-order valence-corrected chi connectivity index (χ3v) is 4.42. The van der Waals surface area contributed by atoms with Gasteiger partial charge in [0.2, 0.25) is 5.91 Å². The highest BCUT2D eigenvalue weighted by molar-refractivity contribution is 7.99. The van der Waals surface area contributed by atoms with E-state index >= 15 is 0 Å². The van der Waals surface area contributed by atoms with Crippen LogP contribution >= 0.6 is 11.8 Å². The predicted molar refractivity (Wildman–Crippen MR) is 96.8 cm³/mol. The summed E-state index contributed by atoms with van der Waals surface area (Å²) in [6.45, 7) is 8.00. The minimum Gasteiger partial charge on any atom is -0.325 e. The van der Waals surface area contributed by atoms with Gasteiger partial charge in [0.05, 0.1) is 10.7 Å². The third kappa shape index (κ3) is 4.66. The van der Waals surface area contributed by atoms with Crippen molar-refractivity contribution in [2.75, 3.05) is 11.1 Å². The number of benzene rings is 1. The van der Waals surface area contributed by atoms with Crippen LogP contribution < -0.4 is 5.32 Å². The SMILES string of the molecule is C=CCn1c(CC)nnc1SCC(=O)Nc1ccc([N+](=O)[O-])cc1C. The summed E-state index contributed by atoms with van der Waals surface area (Å²) in [6.07, 6.45) is 2.50. The molecule has 132 valence electrons. The first-order valence-corrected chi connectivity index (χ1v) is 8.65. The number of allylic oxidation sites excluding steroid dienone is 1. The highest BCUT2D eigenvalue weighted by atomic mass is 32.2. The van der Waals surface area contributed by atoms with E-state index in [-0.39, 0.29) is 17.3 Å². The van der Waals surface area contributed by atoms with Crippen molar-refractivity contribution in [3.05, 3.63) is 52.4 Å². The maximum Gasteiger partial charge on any atom is 0.269 e. The molecule has 0 radical (unpaired) electrons. The van der Waals surface area contributed by atoms with Gasteiger partial charge in [-0.05, 0) is 18.6 Å². The zero-order valence-electron chi connectivity index (χ0n) is 14.1. The maximum atomic E-state index is 12.2. The van der Waals surface area contributed by atoms with Crippen molar-refractivity contribution < 1.29 is 9.72 Å². The zero-order chi connectivity index (χ0) is 18.4. The van der Waals surface area contributed by atoms with E-state index in [2.05, 4.69) is 22.1 Å². The minimum atomic E-state index is -0.466. The Bertz CT molecular complexity index is 803. The van der Waals surface area contributed by atoms with Gasteiger partial charge in [0.1, 0.15) is 5.82 Å². The minimum absolute atomic E-state index is 0.00510. The number of hydrogen-bond donors (Lipinski definition) is 1. The fraction of sp³-hybridized carbons (Fsp3) is 0.312. The number of carbonyl (C=O) groups excluding carboxylic acids is 1. The standard InChI is InChI=1S/C16H19N5O3S/c1-4-8-20-14(5-2)18-19-16(20)25-10-15(22)17-13-7-6-12(21(23)24)9-11(13)3/h4,6-7,9H,1,5,8,10H2,2-3H3,(H,17,22). The second kappa shape index (κ2) is 8.43. The van der Waals surface area contributed by atoms with E-state index in [4.69, 9.17) is 0 Å². The number of rotatable bonds is 8. The average molecular weight is 361 g/mol. The molecule has 1 N–H and O–H groups in total. The molecule has 8 nitrogen and oxygen atoms in total. The molecule has 0 atom stereocenters. The van der Waals surface area contributed by atoms with E-state index in [0.29, 0.717) is 23.0 Å². The van der Waals surface area contributed by atoms with Crippen LogP contribution in [-0.2, 0) is 17.8 Å². The van der Waals surface area contributed by atoms with Crippen LogP contribution in [0.3, 0.4) is 0 Å². The maximum absolute atomic E-state index is 12.2. The lowest BCUT2D eigenvalue weighted by Gasteiger charge is -2.09. The molecule has 1 aromatic carbocycles. The van der Waals surface area contributed by atoms with Crippen LogP contribution in [0.25, 0.3) is 0 Å². The summed E-state index contributed by atoms with van der Waals surface area (Å²) in [7, 11) is 0. The monoisotopic (exact) mass is 361 g/mol. The topological polar surface area (TPSA) is 103 Å². The third-order valence-electron chi connectivity index (χ3n) is 3.45. The molecule has 0 aliphatic carbocycles. The van der Waals surface area contributed by atoms with Crippen LogP contribution in [0.5, 0.6) is 0 Å². The van der Waals surface area contributed by atoms with Crippen molar-refractivity contribution in [2.45, 2.75) is 32.0 Å². The summed E-state index contributed by atoms with van der Waals surface area (Å²) >= 11 is 1.29. The van der Waals surface area contributed by atoms with Gasteiger partial charge in [0.15, 0.2) is 5.16 Å². The number of aromatic nitrogens is 3. The first-order chi connectivity index (χ1) is 12.0. The zero-order valence-corrected chi connectivity index (χ0v) is 14.9. The molecule has 0 aliphatic rings. The van der Waals surface area contributed by atoms with Crippen molar-refractivity contribution >= 4 is 29.0 Å². The average Bonchev–Trinajstić information content (AvgIpc) is 2.97. The van der Waals surface area contributed by atoms with Gasteiger partial charge in [-0.1, -0.05) is 24.8 Å². The number of hydrogen-bond acceptors (Lipinski definition) is 6. The van der Waals surface area contributed by atoms with E-state index in [0.717, 1.165) is 12.2 Å². The van der Waals surface area contributed by atoms with E-state index in [1.54, 1.807) is 13.0 Å². The molecule has 0 aliphatic heterocycles. The molecule has 0 unspecified atom stereocenters. The highest BCUT2D eigenvalue weighted by Gasteiger charge is 2.14. The Balaban J connectivity index is 2.01. The van der Waals surface area contributed by atoms with E-state index < -0.39 is 4.92 Å². The molecule has 2 rings (SSSR count). The second-order valence-electron chi connectivity index (χ2n) is 5.24. The molecular formula is C16H19N5O3S. The van der Waals surface area contributed by atoms with Gasteiger partial charge in [-0.2, -0.15) is 0 Å². The molecule has 1 heterocycles. The van der Waals surface area contributed by atoms with Crippen LogP contribution in [0.4, 0.5) is 11.4 Å². The molecule has 9 heteroatoms. The number of non-ortho nitro benzene ring substituents is 1. The normalized spacial score (nSPS) is 10.5. The van der Waals surface area contributed by atoms with Gasteiger partial charge in [0.25, 0.3) is 5.69 Å². The summed E-state index contributed by atoms with van der Waals surface area (Å²) in [5.41, 5.74) is 1.18. The Labute approximate surface area is 149 Å². The van der Waals surface area contributed by atoms with Gasteiger partial charge in [-0.25, -0.2) is 0 Å². The van der Waals surface area contributed by atoms with Gasteiger partial charge in [-0.3, -0.25) is 14.9 Å². The Morgan fingerprint density at radius 2 is 2.24 bits per heavy atom. The number of nitrogens with zero attached hydrogens (tertiary/aromatic N) is 4. The molecule has 0 saturated heterocycles. The molecule has 0 bridgehead atoms. The van der Waals surface area contributed by atoms with Crippen molar-refractivity contribution in [2.24, 2.45) is 0 Å². The van der Waals surface area contributed by atoms with Crippen LogP contribution in [0.2, 0.25) is 0 Å². The molecule has 0 fully saturated rings. The fourth-order valence-corrected chi connectivity index (χ4v) is 2.98. The number of nitro benzene ring substituents is 1. The molecular weight excluding hydrogens is 342 g/mol. The predicted octanol–water partition coefficient (Wildman–Crippen LogP) is 2.97. The molecule has 1 amide bonds. The van der Waals surface area contributed by atoms with Crippen molar-refractivity contribution in [3.8, 4) is 0 Å². The van der Waals surface area contributed by atoms with Gasteiger partial charge in [-0.15, -0.1) is 16.8 Å². The van der Waals surface area contributed by atoms with Crippen molar-refractivity contribution in [3.63, 3.8) is 0 Å². The summed E-state index contributed by atoms with van der Waals surface area (Å²) in [5, 5.41) is 22.4. The van der Waals surface area contributed by atoms with E-state index in [1.165, 1.54) is 30.0 Å². The molecule has 25 heavy (non-hydrogen) atoms.